The maximum atomic E-state index is 11.4. The highest BCUT2D eigenvalue weighted by Gasteiger charge is 2.12. The van der Waals surface area contributed by atoms with Crippen molar-refractivity contribution in [2.75, 3.05) is 0 Å². The monoisotopic (exact) mass is 198 g/mol. The Hall–Kier alpha value is -0.860. The number of Topliss-reactive ketones (excluding diaryl/α,β-unsaturated/α-hetero) is 1. The van der Waals surface area contributed by atoms with E-state index in [1.54, 1.807) is 25.1 Å². The molecule has 1 aromatic carbocycles. The Bertz CT molecular complexity index is 321. The first-order valence-electron chi connectivity index (χ1n) is 4.12. The first-order chi connectivity index (χ1) is 6.20. The Kier molecular flexibility index (Phi) is 3.46. The number of aliphatic hydroxyl groups excluding tert-OH is 1. The number of hydrogen-bond acceptors (Lipinski definition) is 2. The second-order valence-corrected chi connectivity index (χ2v) is 3.12. The summed E-state index contributed by atoms with van der Waals surface area (Å²) in [7, 11) is 0. The minimum Gasteiger partial charge on any atom is -0.392 e. The fourth-order valence-corrected chi connectivity index (χ4v) is 1.49. The molecule has 0 spiro atoms. The lowest BCUT2D eigenvalue weighted by Gasteiger charge is -2.06. The molecule has 1 aromatic rings. The molecule has 0 saturated heterocycles. The molecular weight excluding hydrogens is 188 g/mol. The number of benzene rings is 1. The van der Waals surface area contributed by atoms with Gasteiger partial charge in [-0.1, -0.05) is 30.7 Å². The predicted octanol–water partition coefficient (Wildman–Crippen LogP) is 2.43. The highest BCUT2D eigenvalue weighted by Crippen LogP contribution is 2.21. The minimum atomic E-state index is -0.151. The molecule has 0 aliphatic carbocycles. The van der Waals surface area contributed by atoms with E-state index in [-0.39, 0.29) is 12.4 Å². The molecule has 0 amide bonds. The van der Waals surface area contributed by atoms with Crippen LogP contribution in [-0.4, -0.2) is 10.9 Å². The fourth-order valence-electron chi connectivity index (χ4n) is 1.19. The van der Waals surface area contributed by atoms with Gasteiger partial charge in [0.25, 0.3) is 0 Å². The van der Waals surface area contributed by atoms with Gasteiger partial charge in [0.15, 0.2) is 5.78 Å². The Morgan fingerprint density at radius 2 is 2.23 bits per heavy atom. The van der Waals surface area contributed by atoms with Crippen molar-refractivity contribution < 1.29 is 9.90 Å². The van der Waals surface area contributed by atoms with Gasteiger partial charge in [-0.05, 0) is 11.6 Å². The molecular formula is C10H11ClO2. The van der Waals surface area contributed by atoms with Crippen molar-refractivity contribution >= 4 is 17.4 Å². The largest absolute Gasteiger partial charge is 0.392 e. The van der Waals surface area contributed by atoms with Crippen LogP contribution in [0.25, 0.3) is 0 Å². The number of hydrogen-bond donors (Lipinski definition) is 1. The maximum absolute atomic E-state index is 11.4. The van der Waals surface area contributed by atoms with E-state index in [2.05, 4.69) is 0 Å². The molecule has 13 heavy (non-hydrogen) atoms. The SMILES string of the molecule is CCC(=O)c1c(Cl)cccc1CO. The van der Waals surface area contributed by atoms with Crippen LogP contribution in [0.4, 0.5) is 0 Å². The third-order valence-electron chi connectivity index (χ3n) is 1.87. The van der Waals surface area contributed by atoms with Crippen LogP contribution in [0.15, 0.2) is 18.2 Å². The smallest absolute Gasteiger partial charge is 0.164 e. The van der Waals surface area contributed by atoms with E-state index in [4.69, 9.17) is 16.7 Å². The molecule has 2 nitrogen and oxygen atoms in total. The van der Waals surface area contributed by atoms with Gasteiger partial charge in [0.1, 0.15) is 0 Å². The van der Waals surface area contributed by atoms with E-state index in [1.807, 2.05) is 0 Å². The molecule has 0 radical (unpaired) electrons. The Morgan fingerprint density at radius 1 is 1.54 bits per heavy atom. The van der Waals surface area contributed by atoms with Crippen LogP contribution in [0, 0.1) is 0 Å². The number of rotatable bonds is 3. The summed E-state index contributed by atoms with van der Waals surface area (Å²) in [6.07, 6.45) is 0.400. The molecule has 0 fully saturated rings. The first-order valence-corrected chi connectivity index (χ1v) is 4.50. The average molecular weight is 199 g/mol. The van der Waals surface area contributed by atoms with E-state index < -0.39 is 0 Å². The van der Waals surface area contributed by atoms with Gasteiger partial charge in [0.2, 0.25) is 0 Å². The lowest BCUT2D eigenvalue weighted by molar-refractivity contribution is 0.0985. The van der Waals surface area contributed by atoms with Gasteiger partial charge < -0.3 is 5.11 Å². The van der Waals surface area contributed by atoms with Gasteiger partial charge in [-0.25, -0.2) is 0 Å². The Labute approximate surface area is 82.2 Å². The molecule has 0 heterocycles. The molecule has 0 aliphatic heterocycles. The lowest BCUT2D eigenvalue weighted by atomic mass is 10.0. The second kappa shape index (κ2) is 4.40. The summed E-state index contributed by atoms with van der Waals surface area (Å²) in [5, 5.41) is 9.39. The number of ketones is 1. The summed E-state index contributed by atoms with van der Waals surface area (Å²) in [4.78, 5) is 11.4. The van der Waals surface area contributed by atoms with Crippen LogP contribution in [0.2, 0.25) is 5.02 Å². The van der Waals surface area contributed by atoms with Crippen LogP contribution in [-0.2, 0) is 6.61 Å². The van der Waals surface area contributed by atoms with Gasteiger partial charge in [0.05, 0.1) is 11.6 Å². The third kappa shape index (κ3) is 2.08. The zero-order valence-electron chi connectivity index (χ0n) is 7.38. The first kappa shape index (κ1) is 10.2. The summed E-state index contributed by atoms with van der Waals surface area (Å²) in [6.45, 7) is 1.62. The summed E-state index contributed by atoms with van der Waals surface area (Å²) in [6, 6.07) is 5.08. The Balaban J connectivity index is 3.22. The highest BCUT2D eigenvalue weighted by molar-refractivity contribution is 6.34. The normalized spacial score (nSPS) is 10.1. The molecule has 1 rings (SSSR count). The topological polar surface area (TPSA) is 37.3 Å². The molecule has 0 aliphatic rings. The second-order valence-electron chi connectivity index (χ2n) is 2.71. The molecule has 0 bridgehead atoms. The third-order valence-corrected chi connectivity index (χ3v) is 2.19. The van der Waals surface area contributed by atoms with Crippen LogP contribution in [0.3, 0.4) is 0 Å². The molecule has 0 aromatic heterocycles. The predicted molar refractivity (Wildman–Crippen MR) is 52.0 cm³/mol. The number of aliphatic hydroxyl groups is 1. The molecule has 0 atom stereocenters. The van der Waals surface area contributed by atoms with Crippen molar-refractivity contribution in [3.8, 4) is 0 Å². The quantitative estimate of drug-likeness (QED) is 0.758. The highest BCUT2D eigenvalue weighted by atomic mass is 35.5. The van der Waals surface area contributed by atoms with E-state index in [1.165, 1.54) is 0 Å². The van der Waals surface area contributed by atoms with Crippen molar-refractivity contribution in [2.45, 2.75) is 20.0 Å². The van der Waals surface area contributed by atoms with Crippen molar-refractivity contribution in [1.29, 1.82) is 0 Å². The zero-order valence-corrected chi connectivity index (χ0v) is 8.14. The van der Waals surface area contributed by atoms with Crippen molar-refractivity contribution in [3.63, 3.8) is 0 Å². The minimum absolute atomic E-state index is 0.0327. The van der Waals surface area contributed by atoms with Crippen LogP contribution >= 0.6 is 11.6 Å². The van der Waals surface area contributed by atoms with Gasteiger partial charge in [-0.15, -0.1) is 0 Å². The molecule has 1 N–H and O–H groups in total. The summed E-state index contributed by atoms with van der Waals surface area (Å²) < 4.78 is 0. The summed E-state index contributed by atoms with van der Waals surface area (Å²) in [5.41, 5.74) is 1.05. The number of carbonyl (C=O) groups is 1. The van der Waals surface area contributed by atoms with Crippen molar-refractivity contribution in [1.82, 2.24) is 0 Å². The van der Waals surface area contributed by atoms with Gasteiger partial charge >= 0.3 is 0 Å². The number of halogens is 1. The van der Waals surface area contributed by atoms with E-state index in [0.717, 1.165) is 0 Å². The molecule has 70 valence electrons. The summed E-state index contributed by atoms with van der Waals surface area (Å²) in [5.74, 6) is -0.0327. The number of carbonyl (C=O) groups excluding carboxylic acids is 1. The van der Waals surface area contributed by atoms with E-state index in [0.29, 0.717) is 22.6 Å². The Morgan fingerprint density at radius 3 is 2.77 bits per heavy atom. The van der Waals surface area contributed by atoms with Crippen molar-refractivity contribution in [2.24, 2.45) is 0 Å². The van der Waals surface area contributed by atoms with Crippen LogP contribution in [0.5, 0.6) is 0 Å². The molecule has 0 unspecified atom stereocenters. The average Bonchev–Trinajstić information content (AvgIpc) is 2.16. The van der Waals surface area contributed by atoms with Gasteiger partial charge in [-0.3, -0.25) is 4.79 Å². The standard InChI is InChI=1S/C10H11ClO2/c1-2-9(13)10-7(6-12)4-3-5-8(10)11/h3-5,12H,2,6H2,1H3. The van der Waals surface area contributed by atoms with Gasteiger partial charge in [0, 0.05) is 12.0 Å². The van der Waals surface area contributed by atoms with Crippen molar-refractivity contribution in [3.05, 3.63) is 34.3 Å². The summed E-state index contributed by atoms with van der Waals surface area (Å²) >= 11 is 5.85. The fraction of sp³-hybridized carbons (Fsp3) is 0.300. The zero-order chi connectivity index (χ0) is 9.84. The maximum Gasteiger partial charge on any atom is 0.164 e. The van der Waals surface area contributed by atoms with Crippen LogP contribution in [0.1, 0.15) is 29.3 Å². The van der Waals surface area contributed by atoms with Gasteiger partial charge in [-0.2, -0.15) is 0 Å². The van der Waals surface area contributed by atoms with E-state index >= 15 is 0 Å². The molecule has 0 saturated carbocycles. The molecule has 3 heteroatoms. The van der Waals surface area contributed by atoms with E-state index in [9.17, 15) is 4.79 Å². The van der Waals surface area contributed by atoms with Crippen LogP contribution < -0.4 is 0 Å². The lowest BCUT2D eigenvalue weighted by Crippen LogP contribution is -2.03.